The molecular weight excluding hydrogens is 615 g/mol. The van der Waals surface area contributed by atoms with E-state index in [1.165, 1.54) is 0 Å². The van der Waals surface area contributed by atoms with Crippen LogP contribution in [0.5, 0.6) is 0 Å². The molecule has 0 aliphatic carbocycles. The summed E-state index contributed by atoms with van der Waals surface area (Å²) in [5.41, 5.74) is 8.71. The van der Waals surface area contributed by atoms with Gasteiger partial charge in [0.05, 0.1) is 5.48 Å². The molecule has 0 amide bonds. The summed E-state index contributed by atoms with van der Waals surface area (Å²) in [7, 11) is 0. The molecule has 0 aromatic heterocycles. The van der Waals surface area contributed by atoms with Crippen LogP contribution in [0.2, 0.25) is 0 Å². The molecule has 240 valence electrons. The van der Waals surface area contributed by atoms with Crippen LogP contribution in [0.3, 0.4) is 0 Å². The van der Waals surface area contributed by atoms with Gasteiger partial charge in [-0.2, -0.15) is 0 Å². The highest BCUT2D eigenvalue weighted by molar-refractivity contribution is 5.99. The zero-order chi connectivity index (χ0) is 37.5. The predicted octanol–water partition coefficient (Wildman–Crippen LogP) is 14.1. The Bertz CT molecular complexity index is 2700. The first-order chi connectivity index (χ1) is 27.0. The largest absolute Gasteiger partial charge is 0.310 e. The molecular formula is C50H35N. The average Bonchev–Trinajstić information content (AvgIpc) is 3.25. The molecule has 9 aromatic carbocycles. The van der Waals surface area contributed by atoms with Crippen molar-refractivity contribution >= 4 is 38.6 Å². The maximum absolute atomic E-state index is 9.55. The summed E-state index contributed by atoms with van der Waals surface area (Å²) in [6, 6.07) is 62.7. The lowest BCUT2D eigenvalue weighted by Crippen LogP contribution is -2.10. The Hall–Kier alpha value is -6.70. The fraction of sp³-hybridized carbons (Fsp3) is 0. The maximum atomic E-state index is 9.55. The van der Waals surface area contributed by atoms with Gasteiger partial charge in [-0.25, -0.2) is 0 Å². The van der Waals surface area contributed by atoms with Gasteiger partial charge in [-0.1, -0.05) is 176 Å². The summed E-state index contributed by atoms with van der Waals surface area (Å²) in [4.78, 5) is 1.88. The molecule has 0 aliphatic heterocycles. The molecule has 0 fully saturated rings. The number of hydrogen-bond donors (Lipinski definition) is 0. The van der Waals surface area contributed by atoms with Crippen molar-refractivity contribution in [3.8, 4) is 44.5 Å². The summed E-state index contributed by atoms with van der Waals surface area (Å²) < 4.78 is 37.8. The molecule has 0 aliphatic rings. The van der Waals surface area contributed by atoms with E-state index in [2.05, 4.69) is 84.9 Å². The molecule has 0 atom stereocenters. The molecule has 9 aromatic rings. The second kappa shape index (κ2) is 13.3. The Kier molecular flexibility index (Phi) is 6.84. The van der Waals surface area contributed by atoms with Crippen molar-refractivity contribution in [1.29, 1.82) is 0 Å². The van der Waals surface area contributed by atoms with Gasteiger partial charge in [-0.05, 0) is 102 Å². The minimum atomic E-state index is -0.116. The van der Waals surface area contributed by atoms with Crippen LogP contribution in [0.1, 0.15) is 5.48 Å². The van der Waals surface area contributed by atoms with Gasteiger partial charge in [0.15, 0.2) is 0 Å². The molecule has 0 saturated carbocycles. The van der Waals surface area contributed by atoms with Gasteiger partial charge in [-0.15, -0.1) is 0 Å². The van der Waals surface area contributed by atoms with Crippen molar-refractivity contribution in [2.45, 2.75) is 0 Å². The molecule has 0 unspecified atom stereocenters. The van der Waals surface area contributed by atoms with E-state index in [-0.39, 0.29) is 35.4 Å². The minimum absolute atomic E-state index is 0.0936. The van der Waals surface area contributed by atoms with Crippen molar-refractivity contribution in [1.82, 2.24) is 0 Å². The van der Waals surface area contributed by atoms with Gasteiger partial charge in [0.1, 0.15) is 0 Å². The van der Waals surface area contributed by atoms with Gasteiger partial charge < -0.3 is 4.90 Å². The second-order valence-corrected chi connectivity index (χ2v) is 12.7. The van der Waals surface area contributed by atoms with E-state index in [4.69, 9.17) is 0 Å². The van der Waals surface area contributed by atoms with Crippen molar-refractivity contribution in [3.05, 3.63) is 212 Å². The van der Waals surface area contributed by atoms with Gasteiger partial charge in [-0.3, -0.25) is 0 Å². The number of hydrogen-bond acceptors (Lipinski definition) is 1. The quantitative estimate of drug-likeness (QED) is 0.165. The standard InChI is InChI=1S/C50H35N/c1-2-12-36(13-3-1)37-26-28-38(29-27-37)39-30-32-44(33-31-39)51(45-20-8-18-42(34-45)49-24-10-16-40-14-4-6-22-47(40)49)46-21-9-19-43(35-46)50-25-11-17-41-15-5-7-23-48(41)50/h1-35H/i30D,31D,32D,33D. The zero-order valence-electron chi connectivity index (χ0n) is 31.8. The fourth-order valence-electron chi connectivity index (χ4n) is 7.01. The number of fused-ring (bicyclic) bond motifs is 2. The smallest absolute Gasteiger partial charge is 0.0645 e. The molecule has 0 saturated heterocycles. The summed E-state index contributed by atoms with van der Waals surface area (Å²) in [5.74, 6) is 0. The predicted molar refractivity (Wildman–Crippen MR) is 218 cm³/mol. The van der Waals surface area contributed by atoms with Crippen LogP contribution < -0.4 is 4.90 Å². The van der Waals surface area contributed by atoms with Crippen LogP contribution in [0.4, 0.5) is 17.1 Å². The number of nitrogens with zero attached hydrogens (tertiary/aromatic N) is 1. The zero-order valence-corrected chi connectivity index (χ0v) is 27.8. The molecule has 0 bridgehead atoms. The summed E-state index contributed by atoms with van der Waals surface area (Å²) in [6.07, 6.45) is 0. The van der Waals surface area contributed by atoms with E-state index in [0.29, 0.717) is 5.56 Å². The van der Waals surface area contributed by atoms with Crippen LogP contribution in [-0.4, -0.2) is 0 Å². The third-order valence-corrected chi connectivity index (χ3v) is 9.53. The lowest BCUT2D eigenvalue weighted by atomic mass is 9.96. The number of anilines is 3. The van der Waals surface area contributed by atoms with Crippen molar-refractivity contribution in [2.24, 2.45) is 0 Å². The van der Waals surface area contributed by atoms with Gasteiger partial charge in [0.25, 0.3) is 0 Å². The normalized spacial score (nSPS) is 12.2. The second-order valence-electron chi connectivity index (χ2n) is 12.7. The monoisotopic (exact) mass is 653 g/mol. The average molecular weight is 654 g/mol. The van der Waals surface area contributed by atoms with Crippen LogP contribution in [-0.2, 0) is 0 Å². The Balaban J connectivity index is 1.23. The lowest BCUT2D eigenvalue weighted by molar-refractivity contribution is 1.28. The van der Waals surface area contributed by atoms with E-state index in [9.17, 15) is 5.48 Å². The van der Waals surface area contributed by atoms with Crippen molar-refractivity contribution < 1.29 is 5.48 Å². The molecule has 0 spiro atoms. The van der Waals surface area contributed by atoms with Crippen LogP contribution in [0.15, 0.2) is 212 Å². The lowest BCUT2D eigenvalue weighted by Gasteiger charge is -2.27. The third kappa shape index (κ3) is 5.96. The van der Waals surface area contributed by atoms with E-state index >= 15 is 0 Å². The van der Waals surface area contributed by atoms with Gasteiger partial charge >= 0.3 is 0 Å². The number of rotatable bonds is 7. The van der Waals surface area contributed by atoms with Gasteiger partial charge in [0, 0.05) is 17.1 Å². The van der Waals surface area contributed by atoms with Crippen LogP contribution >= 0.6 is 0 Å². The Morgan fingerprint density at radius 1 is 0.294 bits per heavy atom. The summed E-state index contributed by atoms with van der Waals surface area (Å²) in [5, 5.41) is 4.52. The molecule has 1 nitrogen and oxygen atoms in total. The molecule has 1 heteroatoms. The summed E-state index contributed by atoms with van der Waals surface area (Å²) in [6.45, 7) is 0. The van der Waals surface area contributed by atoms with E-state index < -0.39 is 0 Å². The Labute approximate surface area is 305 Å². The summed E-state index contributed by atoms with van der Waals surface area (Å²) >= 11 is 0. The van der Waals surface area contributed by atoms with Crippen molar-refractivity contribution in [2.75, 3.05) is 4.90 Å². The van der Waals surface area contributed by atoms with E-state index in [1.807, 2.05) is 108 Å². The first-order valence-electron chi connectivity index (χ1n) is 19.2. The number of benzene rings is 9. The highest BCUT2D eigenvalue weighted by Gasteiger charge is 2.16. The van der Waals surface area contributed by atoms with E-state index in [0.717, 1.165) is 66.3 Å². The molecule has 9 rings (SSSR count). The first kappa shape index (κ1) is 26.2. The molecule has 0 heterocycles. The molecule has 0 radical (unpaired) electrons. The van der Waals surface area contributed by atoms with Gasteiger partial charge in [0.2, 0.25) is 0 Å². The van der Waals surface area contributed by atoms with E-state index in [1.54, 1.807) is 0 Å². The fourth-order valence-corrected chi connectivity index (χ4v) is 7.01. The van der Waals surface area contributed by atoms with Crippen LogP contribution in [0.25, 0.3) is 66.1 Å². The maximum Gasteiger partial charge on any atom is 0.0645 e. The Morgan fingerprint density at radius 2 is 0.706 bits per heavy atom. The first-order valence-corrected chi connectivity index (χ1v) is 17.2. The highest BCUT2D eigenvalue weighted by atomic mass is 15.1. The molecule has 51 heavy (non-hydrogen) atoms. The van der Waals surface area contributed by atoms with Crippen molar-refractivity contribution in [3.63, 3.8) is 0 Å². The highest BCUT2D eigenvalue weighted by Crippen LogP contribution is 2.41. The van der Waals surface area contributed by atoms with Crippen LogP contribution in [0, 0.1) is 0 Å². The SMILES string of the molecule is [2H]c1c([2H])c(N(c2cccc(-c3cccc4ccccc34)c2)c2cccc(-c3cccc4ccccc34)c2)c([2H])c([2H])c1-c1ccc(-c2ccccc2)cc1. The topological polar surface area (TPSA) is 3.24 Å². The Morgan fingerprint density at radius 3 is 1.25 bits per heavy atom. The minimum Gasteiger partial charge on any atom is -0.310 e. The molecule has 0 N–H and O–H groups in total. The third-order valence-electron chi connectivity index (χ3n) is 9.53.